The molecule has 4 atom stereocenters. The molecule has 248 valence electrons. The summed E-state index contributed by atoms with van der Waals surface area (Å²) in [5.41, 5.74) is 0.963. The first-order valence-corrected chi connectivity index (χ1v) is 16.6. The lowest BCUT2D eigenvalue weighted by molar-refractivity contribution is -0.0706. The van der Waals surface area contributed by atoms with Crippen LogP contribution in [0.2, 0.25) is 0 Å². The van der Waals surface area contributed by atoms with Gasteiger partial charge in [0.25, 0.3) is 0 Å². The Balaban J connectivity index is 1.37. The van der Waals surface area contributed by atoms with Gasteiger partial charge in [0.05, 0.1) is 16.7 Å². The summed E-state index contributed by atoms with van der Waals surface area (Å²) < 4.78 is 24.8. The maximum atomic E-state index is 13.5. The van der Waals surface area contributed by atoms with Crippen molar-refractivity contribution in [1.82, 2.24) is 14.8 Å². The largest absolute Gasteiger partial charge is 0.459 e. The van der Waals surface area contributed by atoms with Crippen LogP contribution in [0.5, 0.6) is 0 Å². The minimum atomic E-state index is -1.42. The molecule has 1 fully saturated rings. The van der Waals surface area contributed by atoms with Gasteiger partial charge in [-0.3, -0.25) is 4.98 Å². The Labute approximate surface area is 289 Å². The first-order valence-electron chi connectivity index (χ1n) is 15.2. The van der Waals surface area contributed by atoms with Gasteiger partial charge in [-0.05, 0) is 42.0 Å². The van der Waals surface area contributed by atoms with E-state index in [1.165, 1.54) is 11.8 Å². The lowest BCUT2D eigenvalue weighted by Crippen LogP contribution is -2.43. The summed E-state index contributed by atoms with van der Waals surface area (Å²) in [5.74, 6) is -1.67. The van der Waals surface area contributed by atoms with Crippen LogP contribution in [0.1, 0.15) is 42.9 Å². The number of benzene rings is 4. The molecule has 4 aromatic carbocycles. The molecular weight excluding hydrogens is 667 g/mol. The summed E-state index contributed by atoms with van der Waals surface area (Å²) in [6, 6.07) is 34.3. The van der Waals surface area contributed by atoms with Crippen LogP contribution < -0.4 is 5.69 Å². The van der Waals surface area contributed by atoms with Crippen LogP contribution in [0.25, 0.3) is 0 Å². The molecule has 0 unspecified atom stereocenters. The Hall–Kier alpha value is -5.37. The number of nitrogens with zero attached hydrogens (tertiary/aromatic N) is 2. The molecular formula is C36H29N3O8S2. The Bertz CT molecular complexity index is 2030. The maximum absolute atomic E-state index is 13.5. The number of carbonyl (C=O) groups excluding carboxylic acids is 3. The molecule has 6 rings (SSSR count). The molecule has 1 N–H and O–H groups in total. The normalized spacial score (nSPS) is 18.4. The van der Waals surface area contributed by atoms with Gasteiger partial charge in [0.1, 0.15) is 17.4 Å². The molecule has 1 aliphatic heterocycles. The second-order valence-electron chi connectivity index (χ2n) is 10.8. The Morgan fingerprint density at radius 3 is 1.78 bits per heavy atom. The van der Waals surface area contributed by atoms with E-state index in [2.05, 4.69) is 10.1 Å². The van der Waals surface area contributed by atoms with E-state index in [9.17, 15) is 19.2 Å². The van der Waals surface area contributed by atoms with E-state index in [1.54, 1.807) is 91.0 Å². The zero-order valence-electron chi connectivity index (χ0n) is 25.7. The van der Waals surface area contributed by atoms with Crippen molar-refractivity contribution in [2.24, 2.45) is 0 Å². The average molecular weight is 696 g/mol. The van der Waals surface area contributed by atoms with Gasteiger partial charge in [-0.25, -0.2) is 19.2 Å². The molecule has 49 heavy (non-hydrogen) atoms. The van der Waals surface area contributed by atoms with Crippen molar-refractivity contribution in [3.8, 4) is 0 Å². The van der Waals surface area contributed by atoms with E-state index in [4.69, 9.17) is 31.2 Å². The number of carbonyl (C=O) groups is 3. The number of ether oxygens (including phenoxy) is 4. The Morgan fingerprint density at radius 2 is 1.22 bits per heavy atom. The number of aromatic amines is 1. The summed E-state index contributed by atoms with van der Waals surface area (Å²) in [7, 11) is 0. The number of rotatable bonds is 11. The van der Waals surface area contributed by atoms with Crippen LogP contribution in [-0.2, 0) is 24.7 Å². The highest BCUT2D eigenvalue weighted by atomic mass is 32.2. The second-order valence-corrected chi connectivity index (χ2v) is 12.2. The number of nitrogens with one attached hydrogen (secondary N) is 1. The first kappa shape index (κ1) is 33.5. The third-order valence-corrected chi connectivity index (χ3v) is 8.92. The van der Waals surface area contributed by atoms with Crippen molar-refractivity contribution < 1.29 is 33.3 Å². The predicted octanol–water partition coefficient (Wildman–Crippen LogP) is 5.80. The summed E-state index contributed by atoms with van der Waals surface area (Å²) in [6.07, 6.45) is -5.36. The van der Waals surface area contributed by atoms with E-state index in [0.717, 1.165) is 10.2 Å². The number of H-pyrrole nitrogens is 1. The minimum Gasteiger partial charge on any atom is -0.459 e. The van der Waals surface area contributed by atoms with Crippen LogP contribution in [0, 0.1) is 4.64 Å². The van der Waals surface area contributed by atoms with Crippen LogP contribution in [0.3, 0.4) is 0 Å². The van der Waals surface area contributed by atoms with Crippen molar-refractivity contribution in [2.45, 2.75) is 35.3 Å². The number of hydrogen-bond donors (Lipinski definition) is 1. The second kappa shape index (κ2) is 15.7. The Morgan fingerprint density at radius 1 is 0.735 bits per heavy atom. The van der Waals surface area contributed by atoms with Crippen molar-refractivity contribution in [1.29, 1.82) is 0 Å². The zero-order chi connectivity index (χ0) is 34.2. The quantitative estimate of drug-likeness (QED) is 0.0777. The van der Waals surface area contributed by atoms with Crippen molar-refractivity contribution in [3.05, 3.63) is 159 Å². The monoisotopic (exact) mass is 695 g/mol. The standard InChI is InChI=1S/C36H29N3O8S2/c40-33(24-15-7-2-8-16-24)44-21-27-28(46-34(41)25-17-9-3-10-18-25)29(47-35(42)26-19-11-4-12-20-26)32(45-27)39-36(43)37-30(48)31(38-39)49-22-23-13-5-1-6-14-23/h1-20,27-29,32H,21-22H2,(H,37,43,48)/t27-,28+,29+,32-/m0/s1. The van der Waals surface area contributed by atoms with Gasteiger partial charge >= 0.3 is 23.6 Å². The molecule has 5 aromatic rings. The fraction of sp³-hybridized carbons (Fsp3) is 0.167. The zero-order valence-corrected chi connectivity index (χ0v) is 27.4. The highest BCUT2D eigenvalue weighted by Gasteiger charge is 2.52. The van der Waals surface area contributed by atoms with E-state index < -0.39 is 54.7 Å². The molecule has 0 bridgehead atoms. The van der Waals surface area contributed by atoms with E-state index >= 15 is 0 Å². The molecule has 13 heteroatoms. The molecule has 11 nitrogen and oxygen atoms in total. The fourth-order valence-electron chi connectivity index (χ4n) is 5.04. The number of hydrogen-bond acceptors (Lipinski definition) is 11. The van der Waals surface area contributed by atoms with Gasteiger partial charge in [0.15, 0.2) is 23.5 Å². The van der Waals surface area contributed by atoms with Crippen LogP contribution in [0.15, 0.2) is 131 Å². The lowest BCUT2D eigenvalue weighted by Gasteiger charge is -2.24. The SMILES string of the molecule is O=C(OC[C@@H]1O[C@H](n2nc(SCc3ccccc3)c(=S)[nH]c2=O)[C@H](OC(=O)c2ccccc2)[C@@H]1OC(=O)c1ccccc1)c1ccccc1. The summed E-state index contributed by atoms with van der Waals surface area (Å²) in [6.45, 7) is -0.413. The van der Waals surface area contributed by atoms with Gasteiger partial charge < -0.3 is 18.9 Å². The number of thioether (sulfide) groups is 1. The number of aromatic nitrogens is 3. The molecule has 1 aromatic heterocycles. The van der Waals surface area contributed by atoms with Crippen LogP contribution >= 0.6 is 24.0 Å². The van der Waals surface area contributed by atoms with Gasteiger partial charge in [0.2, 0.25) is 0 Å². The molecule has 2 heterocycles. The third kappa shape index (κ3) is 8.20. The van der Waals surface area contributed by atoms with Crippen LogP contribution in [0.4, 0.5) is 0 Å². The van der Waals surface area contributed by atoms with Crippen molar-refractivity contribution >= 4 is 41.9 Å². The minimum absolute atomic E-state index is 0.110. The van der Waals surface area contributed by atoms with Gasteiger partial charge in [-0.2, -0.15) is 9.78 Å². The van der Waals surface area contributed by atoms with Gasteiger partial charge in [0, 0.05) is 5.75 Å². The topological polar surface area (TPSA) is 139 Å². The van der Waals surface area contributed by atoms with E-state index in [0.29, 0.717) is 10.8 Å². The number of esters is 3. The predicted molar refractivity (Wildman–Crippen MR) is 182 cm³/mol. The Kier molecular flexibility index (Phi) is 10.7. The van der Waals surface area contributed by atoms with Gasteiger partial charge in [-0.15, -0.1) is 0 Å². The third-order valence-electron chi connectivity index (χ3n) is 7.46. The highest BCUT2D eigenvalue weighted by Crippen LogP contribution is 2.35. The van der Waals surface area contributed by atoms with Crippen molar-refractivity contribution in [2.75, 3.05) is 6.61 Å². The lowest BCUT2D eigenvalue weighted by atomic mass is 10.1. The molecule has 1 aliphatic rings. The first-order chi connectivity index (χ1) is 23.9. The van der Waals surface area contributed by atoms with E-state index in [-0.39, 0.29) is 21.3 Å². The molecule has 1 saturated heterocycles. The molecule has 0 spiro atoms. The summed E-state index contributed by atoms with van der Waals surface area (Å²) in [5, 5.41) is 4.83. The van der Waals surface area contributed by atoms with Crippen LogP contribution in [-0.4, -0.2) is 57.6 Å². The molecule has 0 saturated carbocycles. The fourth-order valence-corrected chi connectivity index (χ4v) is 6.17. The highest BCUT2D eigenvalue weighted by molar-refractivity contribution is 7.98. The van der Waals surface area contributed by atoms with Crippen molar-refractivity contribution in [3.63, 3.8) is 0 Å². The molecule has 0 amide bonds. The van der Waals surface area contributed by atoms with E-state index in [1.807, 2.05) is 30.3 Å². The average Bonchev–Trinajstić information content (AvgIpc) is 3.47. The maximum Gasteiger partial charge on any atom is 0.345 e. The van der Waals surface area contributed by atoms with Gasteiger partial charge in [-0.1, -0.05) is 109 Å². The summed E-state index contributed by atoms with van der Waals surface area (Å²) >= 11 is 6.71. The molecule has 0 radical (unpaired) electrons. The smallest absolute Gasteiger partial charge is 0.345 e. The summed E-state index contributed by atoms with van der Waals surface area (Å²) in [4.78, 5) is 55.8. The molecule has 0 aliphatic carbocycles.